The normalized spacial score (nSPS) is 10.2. The summed E-state index contributed by atoms with van der Waals surface area (Å²) >= 11 is 1.39. The number of hydrogen-bond acceptors (Lipinski definition) is 6. The largest absolute Gasteiger partial charge is 0.477 e. The number of carboxylic acids is 1. The van der Waals surface area contributed by atoms with Gasteiger partial charge in [0.25, 0.3) is 0 Å². The van der Waals surface area contributed by atoms with Crippen LogP contribution in [0.5, 0.6) is 0 Å². The lowest BCUT2D eigenvalue weighted by atomic mass is 10.3. The maximum Gasteiger partial charge on any atom is 0.373 e. The molecule has 20 heavy (non-hydrogen) atoms. The number of carbonyl (C=O) groups is 2. The van der Waals surface area contributed by atoms with Gasteiger partial charge in [0.1, 0.15) is 11.5 Å². The van der Waals surface area contributed by atoms with Gasteiger partial charge >= 0.3 is 11.9 Å². The second kappa shape index (κ2) is 6.25. The quantitative estimate of drug-likeness (QED) is 0.669. The zero-order valence-corrected chi connectivity index (χ0v) is 11.3. The Hall–Kier alpha value is -2.28. The van der Waals surface area contributed by atoms with E-state index in [2.05, 4.69) is 9.72 Å². The second-order valence-corrected chi connectivity index (χ2v) is 4.78. The highest BCUT2D eigenvalue weighted by Crippen LogP contribution is 2.24. The molecule has 0 saturated carbocycles. The maximum absolute atomic E-state index is 11.2. The summed E-state index contributed by atoms with van der Waals surface area (Å²) in [5, 5.41) is 8.84. The number of nitrogens with zero attached hydrogens (tertiary/aromatic N) is 1. The number of carboxylic acid groups (broad SMARTS) is 1. The van der Waals surface area contributed by atoms with E-state index in [1.165, 1.54) is 37.2 Å². The standard InChI is InChI=1S/C13H11NO5S/c1-18-13(17)11-3-2-8(19-11)7-20-9-4-5-14-10(6-9)12(15)16/h2-6H,7H2,1H3,(H,15,16). The van der Waals surface area contributed by atoms with Crippen LogP contribution in [0.2, 0.25) is 0 Å². The number of aromatic nitrogens is 1. The Labute approximate surface area is 118 Å². The molecular weight excluding hydrogens is 282 g/mol. The molecule has 0 atom stereocenters. The highest BCUT2D eigenvalue weighted by molar-refractivity contribution is 7.98. The van der Waals surface area contributed by atoms with E-state index in [0.29, 0.717) is 11.5 Å². The van der Waals surface area contributed by atoms with Gasteiger partial charge in [-0.05, 0) is 24.3 Å². The van der Waals surface area contributed by atoms with Gasteiger partial charge in [-0.3, -0.25) is 0 Å². The smallest absolute Gasteiger partial charge is 0.373 e. The summed E-state index contributed by atoms with van der Waals surface area (Å²) < 4.78 is 9.85. The summed E-state index contributed by atoms with van der Waals surface area (Å²) in [4.78, 5) is 26.5. The van der Waals surface area contributed by atoms with Crippen molar-refractivity contribution in [1.29, 1.82) is 0 Å². The molecule has 7 heteroatoms. The summed E-state index contributed by atoms with van der Waals surface area (Å²) in [6, 6.07) is 6.41. The van der Waals surface area contributed by atoms with E-state index >= 15 is 0 Å². The third kappa shape index (κ3) is 3.39. The van der Waals surface area contributed by atoms with E-state index in [1.807, 2.05) is 0 Å². The van der Waals surface area contributed by atoms with Gasteiger partial charge in [0, 0.05) is 11.1 Å². The molecule has 0 fully saturated rings. The first kappa shape index (κ1) is 14.1. The van der Waals surface area contributed by atoms with E-state index in [4.69, 9.17) is 9.52 Å². The average molecular weight is 293 g/mol. The lowest BCUT2D eigenvalue weighted by Crippen LogP contribution is -1.99. The predicted molar refractivity (Wildman–Crippen MR) is 70.8 cm³/mol. The van der Waals surface area contributed by atoms with Crippen molar-refractivity contribution >= 4 is 23.7 Å². The minimum atomic E-state index is -1.07. The number of ether oxygens (including phenoxy) is 1. The minimum absolute atomic E-state index is 0.00954. The van der Waals surface area contributed by atoms with E-state index in [9.17, 15) is 9.59 Å². The van der Waals surface area contributed by atoms with E-state index in [-0.39, 0.29) is 11.5 Å². The second-order valence-electron chi connectivity index (χ2n) is 3.73. The van der Waals surface area contributed by atoms with Crippen LogP contribution in [0.4, 0.5) is 0 Å². The van der Waals surface area contributed by atoms with Crippen molar-refractivity contribution in [3.05, 3.63) is 47.7 Å². The van der Waals surface area contributed by atoms with Gasteiger partial charge in [0.2, 0.25) is 5.76 Å². The molecule has 0 amide bonds. The van der Waals surface area contributed by atoms with Crippen LogP contribution in [0.3, 0.4) is 0 Å². The highest BCUT2D eigenvalue weighted by atomic mass is 32.2. The Balaban J connectivity index is 2.01. The number of pyridine rings is 1. The Morgan fingerprint density at radius 3 is 2.90 bits per heavy atom. The van der Waals surface area contributed by atoms with Gasteiger partial charge in [-0.2, -0.15) is 0 Å². The predicted octanol–water partition coefficient (Wildman–Crippen LogP) is 2.45. The van der Waals surface area contributed by atoms with Crippen molar-refractivity contribution in [2.45, 2.75) is 10.6 Å². The fraction of sp³-hybridized carbons (Fsp3) is 0.154. The lowest BCUT2D eigenvalue weighted by Gasteiger charge is -2.00. The van der Waals surface area contributed by atoms with Gasteiger partial charge in [-0.1, -0.05) is 0 Å². The molecule has 0 radical (unpaired) electrons. The van der Waals surface area contributed by atoms with E-state index < -0.39 is 11.9 Å². The summed E-state index contributed by atoms with van der Waals surface area (Å²) in [6.07, 6.45) is 1.44. The fourth-order valence-corrected chi connectivity index (χ4v) is 2.25. The molecule has 0 bridgehead atoms. The Morgan fingerprint density at radius 1 is 1.40 bits per heavy atom. The third-order valence-corrected chi connectivity index (χ3v) is 3.40. The van der Waals surface area contributed by atoms with Crippen LogP contribution in [0, 0.1) is 0 Å². The molecular formula is C13H11NO5S. The number of thioether (sulfide) groups is 1. The summed E-state index contributed by atoms with van der Waals surface area (Å²) in [5.41, 5.74) is -0.00954. The molecule has 0 aliphatic heterocycles. The number of aromatic carboxylic acids is 1. The lowest BCUT2D eigenvalue weighted by molar-refractivity contribution is 0.0563. The molecule has 0 saturated heterocycles. The number of furan rings is 1. The highest BCUT2D eigenvalue weighted by Gasteiger charge is 2.11. The minimum Gasteiger partial charge on any atom is -0.477 e. The number of carbonyl (C=O) groups excluding carboxylic acids is 1. The first-order valence-electron chi connectivity index (χ1n) is 5.59. The molecule has 0 aromatic carbocycles. The third-order valence-electron chi connectivity index (χ3n) is 2.38. The monoisotopic (exact) mass is 293 g/mol. The van der Waals surface area contributed by atoms with Crippen LogP contribution in [-0.2, 0) is 10.5 Å². The molecule has 0 unspecified atom stereocenters. The summed E-state index contributed by atoms with van der Waals surface area (Å²) in [6.45, 7) is 0. The van der Waals surface area contributed by atoms with Crippen molar-refractivity contribution < 1.29 is 23.8 Å². The van der Waals surface area contributed by atoms with Gasteiger partial charge < -0.3 is 14.3 Å². The molecule has 2 aromatic heterocycles. The Morgan fingerprint density at radius 2 is 2.20 bits per heavy atom. The van der Waals surface area contributed by atoms with Crippen molar-refractivity contribution in [1.82, 2.24) is 4.98 Å². The Kier molecular flexibility index (Phi) is 4.41. The van der Waals surface area contributed by atoms with Crippen LogP contribution in [0.15, 0.2) is 39.8 Å². The average Bonchev–Trinajstić information content (AvgIpc) is 2.93. The molecule has 104 valence electrons. The fourth-order valence-electron chi connectivity index (χ4n) is 1.44. The van der Waals surface area contributed by atoms with Crippen LogP contribution < -0.4 is 0 Å². The van der Waals surface area contributed by atoms with Crippen molar-refractivity contribution in [3.8, 4) is 0 Å². The van der Waals surface area contributed by atoms with Gasteiger partial charge in [-0.25, -0.2) is 14.6 Å². The number of methoxy groups -OCH3 is 1. The maximum atomic E-state index is 11.2. The van der Waals surface area contributed by atoms with Gasteiger partial charge in [-0.15, -0.1) is 11.8 Å². The van der Waals surface area contributed by atoms with Gasteiger partial charge in [0.05, 0.1) is 12.9 Å². The van der Waals surface area contributed by atoms with Crippen molar-refractivity contribution in [2.24, 2.45) is 0 Å². The van der Waals surface area contributed by atoms with Crippen LogP contribution in [0.1, 0.15) is 26.8 Å². The zero-order chi connectivity index (χ0) is 14.5. The number of rotatable bonds is 5. The molecule has 0 aliphatic carbocycles. The molecule has 2 rings (SSSR count). The molecule has 2 heterocycles. The Bertz CT molecular complexity index is 637. The van der Waals surface area contributed by atoms with Crippen LogP contribution in [0.25, 0.3) is 0 Å². The van der Waals surface area contributed by atoms with Crippen LogP contribution >= 0.6 is 11.8 Å². The molecule has 0 spiro atoms. The SMILES string of the molecule is COC(=O)c1ccc(CSc2ccnc(C(=O)O)c2)o1. The molecule has 2 aromatic rings. The van der Waals surface area contributed by atoms with Crippen molar-refractivity contribution in [2.75, 3.05) is 7.11 Å². The summed E-state index contributed by atoms with van der Waals surface area (Å²) in [7, 11) is 1.28. The summed E-state index contributed by atoms with van der Waals surface area (Å²) in [5.74, 6) is -0.384. The molecule has 6 nitrogen and oxygen atoms in total. The first-order chi connectivity index (χ1) is 9.60. The number of esters is 1. The number of hydrogen-bond donors (Lipinski definition) is 1. The van der Waals surface area contributed by atoms with E-state index in [0.717, 1.165) is 4.90 Å². The van der Waals surface area contributed by atoms with Gasteiger partial charge in [0.15, 0.2) is 0 Å². The zero-order valence-electron chi connectivity index (χ0n) is 10.5. The first-order valence-corrected chi connectivity index (χ1v) is 6.58. The molecule has 0 aliphatic rings. The van der Waals surface area contributed by atoms with Crippen LogP contribution in [-0.4, -0.2) is 29.1 Å². The topological polar surface area (TPSA) is 89.6 Å². The molecule has 1 N–H and O–H groups in total. The van der Waals surface area contributed by atoms with E-state index in [1.54, 1.807) is 12.1 Å². The van der Waals surface area contributed by atoms with Crippen molar-refractivity contribution in [3.63, 3.8) is 0 Å².